The lowest BCUT2D eigenvalue weighted by Gasteiger charge is -2.16. The van der Waals surface area contributed by atoms with Crippen LogP contribution in [-0.2, 0) is 0 Å². The summed E-state index contributed by atoms with van der Waals surface area (Å²) in [6.07, 6.45) is 1.80. The number of carbonyl (C=O) groups excluding carboxylic acids is 1. The minimum atomic E-state index is -0.989. The third-order valence-electron chi connectivity index (χ3n) is 3.26. The lowest BCUT2D eigenvalue weighted by molar-refractivity contribution is 0.0786. The Hall–Kier alpha value is -1.16. The highest BCUT2D eigenvalue weighted by atomic mass is 35.5. The molecule has 1 atom stereocenters. The maximum absolute atomic E-state index is 13.1. The van der Waals surface area contributed by atoms with E-state index in [9.17, 15) is 13.6 Å². The first kappa shape index (κ1) is 13.3. The lowest BCUT2D eigenvalue weighted by atomic mass is 10.1. The topological polar surface area (TPSA) is 20.3 Å². The Morgan fingerprint density at radius 2 is 2.17 bits per heavy atom. The number of halogens is 3. The second-order valence-electron chi connectivity index (χ2n) is 4.51. The van der Waals surface area contributed by atoms with Gasteiger partial charge in [0, 0.05) is 24.5 Å². The van der Waals surface area contributed by atoms with E-state index in [1.54, 1.807) is 4.90 Å². The van der Waals surface area contributed by atoms with Crippen molar-refractivity contribution in [1.82, 2.24) is 4.90 Å². The average Bonchev–Trinajstić information content (AvgIpc) is 2.81. The second kappa shape index (κ2) is 5.65. The summed E-state index contributed by atoms with van der Waals surface area (Å²) in [5, 5.41) is 0. The zero-order valence-electron chi connectivity index (χ0n) is 9.83. The fraction of sp³-hybridized carbons (Fsp3) is 0.462. The van der Waals surface area contributed by atoms with Gasteiger partial charge in [0.15, 0.2) is 11.6 Å². The Labute approximate surface area is 110 Å². The molecule has 2 nitrogen and oxygen atoms in total. The highest BCUT2D eigenvalue weighted by Gasteiger charge is 2.26. The molecule has 1 heterocycles. The molecule has 0 radical (unpaired) electrons. The first-order valence-corrected chi connectivity index (χ1v) is 6.45. The number of amides is 1. The van der Waals surface area contributed by atoms with E-state index in [1.165, 1.54) is 6.07 Å². The first-order chi connectivity index (χ1) is 8.61. The molecule has 0 N–H and O–H groups in total. The maximum atomic E-state index is 13.1. The molecule has 1 saturated heterocycles. The SMILES string of the molecule is O=C(c1ccc(F)c(F)c1)N1CCC(CCCl)C1. The van der Waals surface area contributed by atoms with Crippen LogP contribution < -0.4 is 0 Å². The Morgan fingerprint density at radius 3 is 2.83 bits per heavy atom. The standard InChI is InChI=1S/C13H14ClF2NO/c14-5-3-9-4-6-17(8-9)13(18)10-1-2-11(15)12(16)7-10/h1-2,7,9H,3-6,8H2. The molecule has 1 aliphatic rings. The summed E-state index contributed by atoms with van der Waals surface area (Å²) in [7, 11) is 0. The van der Waals surface area contributed by atoms with Crippen molar-refractivity contribution in [2.24, 2.45) is 5.92 Å². The number of alkyl halides is 1. The minimum absolute atomic E-state index is 0.195. The van der Waals surface area contributed by atoms with Crippen molar-refractivity contribution in [3.8, 4) is 0 Å². The van der Waals surface area contributed by atoms with Crippen LogP contribution in [0.15, 0.2) is 18.2 Å². The van der Waals surface area contributed by atoms with E-state index in [0.717, 1.165) is 25.0 Å². The number of likely N-dealkylation sites (tertiary alicyclic amines) is 1. The first-order valence-electron chi connectivity index (χ1n) is 5.92. The van der Waals surface area contributed by atoms with E-state index < -0.39 is 11.6 Å². The summed E-state index contributed by atoms with van der Waals surface area (Å²) in [5.74, 6) is -1.18. The highest BCUT2D eigenvalue weighted by Crippen LogP contribution is 2.22. The maximum Gasteiger partial charge on any atom is 0.253 e. The van der Waals surface area contributed by atoms with Gasteiger partial charge in [-0.25, -0.2) is 8.78 Å². The van der Waals surface area contributed by atoms with Gasteiger partial charge in [0.05, 0.1) is 0 Å². The number of benzene rings is 1. The third-order valence-corrected chi connectivity index (χ3v) is 3.48. The molecule has 5 heteroatoms. The monoisotopic (exact) mass is 273 g/mol. The van der Waals surface area contributed by atoms with E-state index in [1.807, 2.05) is 0 Å². The van der Waals surface area contributed by atoms with Crippen LogP contribution in [0.2, 0.25) is 0 Å². The summed E-state index contributed by atoms with van der Waals surface area (Å²) in [6.45, 7) is 1.30. The van der Waals surface area contributed by atoms with E-state index in [-0.39, 0.29) is 11.5 Å². The Balaban J connectivity index is 2.05. The molecule has 0 bridgehead atoms. The smallest absolute Gasteiger partial charge is 0.253 e. The van der Waals surface area contributed by atoms with Crippen LogP contribution >= 0.6 is 11.6 Å². The molecule has 0 spiro atoms. The van der Waals surface area contributed by atoms with Crippen LogP contribution in [0, 0.1) is 17.6 Å². The molecular formula is C13H14ClF2NO. The summed E-state index contributed by atoms with van der Waals surface area (Å²) >= 11 is 5.67. The lowest BCUT2D eigenvalue weighted by Crippen LogP contribution is -2.28. The molecular weight excluding hydrogens is 260 g/mol. The van der Waals surface area contributed by atoms with E-state index in [2.05, 4.69) is 0 Å². The predicted molar refractivity (Wildman–Crippen MR) is 65.7 cm³/mol. The van der Waals surface area contributed by atoms with Crippen molar-refractivity contribution in [1.29, 1.82) is 0 Å². The van der Waals surface area contributed by atoms with Crippen LogP contribution in [0.25, 0.3) is 0 Å². The van der Waals surface area contributed by atoms with Crippen molar-refractivity contribution in [2.75, 3.05) is 19.0 Å². The highest BCUT2D eigenvalue weighted by molar-refractivity contribution is 6.17. The molecule has 1 aliphatic heterocycles. The van der Waals surface area contributed by atoms with E-state index >= 15 is 0 Å². The molecule has 18 heavy (non-hydrogen) atoms. The average molecular weight is 274 g/mol. The Kier molecular flexibility index (Phi) is 4.17. The molecule has 1 fully saturated rings. The fourth-order valence-corrected chi connectivity index (χ4v) is 2.53. The fourth-order valence-electron chi connectivity index (χ4n) is 2.22. The molecule has 98 valence electrons. The van der Waals surface area contributed by atoms with Gasteiger partial charge in [0.2, 0.25) is 0 Å². The summed E-state index contributed by atoms with van der Waals surface area (Å²) in [5.41, 5.74) is 0.195. The number of nitrogens with zero attached hydrogens (tertiary/aromatic N) is 1. The minimum Gasteiger partial charge on any atom is -0.338 e. The van der Waals surface area contributed by atoms with Crippen LogP contribution in [0.5, 0.6) is 0 Å². The molecule has 1 aromatic carbocycles. The number of rotatable bonds is 3. The summed E-state index contributed by atoms with van der Waals surface area (Å²) in [4.78, 5) is 13.7. The van der Waals surface area contributed by atoms with Gasteiger partial charge in [-0.15, -0.1) is 11.6 Å². The molecule has 2 rings (SSSR count). The quantitative estimate of drug-likeness (QED) is 0.775. The molecule has 0 aromatic heterocycles. The largest absolute Gasteiger partial charge is 0.338 e. The van der Waals surface area contributed by atoms with Crippen molar-refractivity contribution >= 4 is 17.5 Å². The van der Waals surface area contributed by atoms with Crippen molar-refractivity contribution in [3.05, 3.63) is 35.4 Å². The molecule has 1 unspecified atom stereocenters. The van der Waals surface area contributed by atoms with Gasteiger partial charge in [-0.1, -0.05) is 0 Å². The zero-order valence-corrected chi connectivity index (χ0v) is 10.6. The van der Waals surface area contributed by atoms with Gasteiger partial charge >= 0.3 is 0 Å². The Bertz CT molecular complexity index is 453. The molecule has 1 amide bonds. The van der Waals surface area contributed by atoms with Crippen LogP contribution in [0.4, 0.5) is 8.78 Å². The van der Waals surface area contributed by atoms with Gasteiger partial charge in [-0.2, -0.15) is 0 Å². The van der Waals surface area contributed by atoms with Crippen molar-refractivity contribution in [3.63, 3.8) is 0 Å². The number of hydrogen-bond donors (Lipinski definition) is 0. The summed E-state index contributed by atoms with van der Waals surface area (Å²) < 4.78 is 25.8. The van der Waals surface area contributed by atoms with Gasteiger partial charge in [0.1, 0.15) is 0 Å². The molecule has 0 saturated carbocycles. The van der Waals surface area contributed by atoms with E-state index in [4.69, 9.17) is 11.6 Å². The Morgan fingerprint density at radius 1 is 1.39 bits per heavy atom. The third kappa shape index (κ3) is 2.80. The van der Waals surface area contributed by atoms with Crippen LogP contribution in [0.1, 0.15) is 23.2 Å². The van der Waals surface area contributed by atoms with E-state index in [0.29, 0.717) is 24.9 Å². The molecule has 1 aromatic rings. The van der Waals surface area contributed by atoms with Crippen LogP contribution in [-0.4, -0.2) is 29.8 Å². The normalized spacial score (nSPS) is 19.3. The van der Waals surface area contributed by atoms with Crippen molar-refractivity contribution < 1.29 is 13.6 Å². The van der Waals surface area contributed by atoms with Gasteiger partial charge in [-0.05, 0) is 37.0 Å². The zero-order chi connectivity index (χ0) is 13.1. The second-order valence-corrected chi connectivity index (χ2v) is 4.89. The number of hydrogen-bond acceptors (Lipinski definition) is 1. The predicted octanol–water partition coefficient (Wildman–Crippen LogP) is 3.06. The summed E-state index contributed by atoms with van der Waals surface area (Å²) in [6, 6.07) is 3.25. The van der Waals surface area contributed by atoms with Crippen molar-refractivity contribution in [2.45, 2.75) is 12.8 Å². The number of carbonyl (C=O) groups is 1. The van der Waals surface area contributed by atoms with Gasteiger partial charge in [-0.3, -0.25) is 4.79 Å². The molecule has 0 aliphatic carbocycles. The van der Waals surface area contributed by atoms with Crippen LogP contribution in [0.3, 0.4) is 0 Å². The van der Waals surface area contributed by atoms with Gasteiger partial charge < -0.3 is 4.90 Å². The van der Waals surface area contributed by atoms with Gasteiger partial charge in [0.25, 0.3) is 5.91 Å².